The van der Waals surface area contributed by atoms with E-state index in [-0.39, 0.29) is 5.01 Å². The van der Waals surface area contributed by atoms with Crippen molar-refractivity contribution in [1.82, 2.24) is 5.01 Å². The summed E-state index contributed by atoms with van der Waals surface area (Å²) in [5.74, 6) is 0. The minimum atomic E-state index is -1.24. The summed E-state index contributed by atoms with van der Waals surface area (Å²) in [5.41, 5.74) is 4.48. The van der Waals surface area contributed by atoms with Crippen LogP contribution < -0.4 is 5.73 Å². The molecule has 0 fully saturated rings. The van der Waals surface area contributed by atoms with Gasteiger partial charge in [-0.3, -0.25) is 10.1 Å². The second kappa shape index (κ2) is 3.33. The monoisotopic (exact) mass is 148 g/mol. The summed E-state index contributed by atoms with van der Waals surface area (Å²) >= 11 is 0. The van der Waals surface area contributed by atoms with Crippen LogP contribution in [-0.4, -0.2) is 22.6 Å². The van der Waals surface area contributed by atoms with Crippen LogP contribution in [-0.2, 0) is 0 Å². The third kappa shape index (κ3) is 2.55. The number of urea groups is 1. The number of hydrogen-bond acceptors (Lipinski definition) is 5. The Hall–Kier alpha value is -1.73. The van der Waals surface area contributed by atoms with Gasteiger partial charge in [0.25, 0.3) is 0 Å². The van der Waals surface area contributed by atoms with Gasteiger partial charge in [0.05, 0.1) is 5.29 Å². The summed E-state index contributed by atoms with van der Waals surface area (Å²) in [4.78, 5) is 28.3. The van der Waals surface area contributed by atoms with E-state index in [4.69, 9.17) is 0 Å². The number of nitro groups is 1. The summed E-state index contributed by atoms with van der Waals surface area (Å²) in [6, 6.07) is -1.24. The summed E-state index contributed by atoms with van der Waals surface area (Å²) in [6.45, 7) is -1.00. The smallest absolute Gasteiger partial charge is 0.343 e. The predicted molar refractivity (Wildman–Crippen MR) is 29.1 cm³/mol. The molecule has 0 bridgehead atoms. The maximum Gasteiger partial charge on any atom is 0.343 e. The summed E-state index contributed by atoms with van der Waals surface area (Å²) in [7, 11) is 0. The molecular weight excluding hydrogens is 144 g/mol. The van der Waals surface area contributed by atoms with Crippen molar-refractivity contribution in [3.05, 3.63) is 15.0 Å². The van der Waals surface area contributed by atoms with Crippen LogP contribution in [0.25, 0.3) is 0 Å². The lowest BCUT2D eigenvalue weighted by Crippen LogP contribution is -2.34. The highest BCUT2D eigenvalue weighted by molar-refractivity contribution is 5.71. The molecular formula is C2H4N4O4. The van der Waals surface area contributed by atoms with Gasteiger partial charge in [-0.1, -0.05) is 0 Å². The SMILES string of the molecule is NC(=O)N(C[N+](=O)[O-])N=O. The van der Waals surface area contributed by atoms with Crippen molar-refractivity contribution >= 4 is 6.03 Å². The molecule has 0 aliphatic rings. The maximum atomic E-state index is 10.0. The van der Waals surface area contributed by atoms with Crippen molar-refractivity contribution in [1.29, 1.82) is 0 Å². The van der Waals surface area contributed by atoms with Crippen LogP contribution in [0.5, 0.6) is 0 Å². The molecule has 2 amide bonds. The fraction of sp³-hybridized carbons (Fsp3) is 0.500. The van der Waals surface area contributed by atoms with E-state index in [9.17, 15) is 19.8 Å². The van der Waals surface area contributed by atoms with Gasteiger partial charge in [-0.15, -0.1) is 9.92 Å². The summed E-state index contributed by atoms with van der Waals surface area (Å²) in [6.07, 6.45) is 0. The fourth-order valence-electron chi connectivity index (χ4n) is 0.245. The van der Waals surface area contributed by atoms with Crippen molar-refractivity contribution < 1.29 is 9.72 Å². The number of carbonyl (C=O) groups excluding carboxylic acids is 1. The number of primary amides is 1. The molecule has 8 nitrogen and oxygen atoms in total. The second-order valence-electron chi connectivity index (χ2n) is 1.29. The molecule has 0 rings (SSSR count). The molecule has 56 valence electrons. The zero-order valence-corrected chi connectivity index (χ0v) is 4.76. The van der Waals surface area contributed by atoms with Gasteiger partial charge in [0.2, 0.25) is 0 Å². The third-order valence-corrected chi connectivity index (χ3v) is 0.602. The van der Waals surface area contributed by atoms with Crippen molar-refractivity contribution in [2.45, 2.75) is 0 Å². The number of amides is 2. The van der Waals surface area contributed by atoms with Gasteiger partial charge >= 0.3 is 12.7 Å². The van der Waals surface area contributed by atoms with Crippen LogP contribution >= 0.6 is 0 Å². The summed E-state index contributed by atoms with van der Waals surface area (Å²) in [5, 5.41) is 11.6. The van der Waals surface area contributed by atoms with E-state index < -0.39 is 17.6 Å². The minimum absolute atomic E-state index is 0. The van der Waals surface area contributed by atoms with E-state index >= 15 is 0 Å². The van der Waals surface area contributed by atoms with Crippen LogP contribution in [0.3, 0.4) is 0 Å². The molecule has 0 aromatic heterocycles. The lowest BCUT2D eigenvalue weighted by Gasteiger charge is -2.01. The Morgan fingerprint density at radius 2 is 2.30 bits per heavy atom. The Morgan fingerprint density at radius 3 is 2.40 bits per heavy atom. The number of rotatable bonds is 3. The van der Waals surface area contributed by atoms with Crippen molar-refractivity contribution in [2.24, 2.45) is 11.0 Å². The lowest BCUT2D eigenvalue weighted by atomic mass is 10.9. The van der Waals surface area contributed by atoms with E-state index in [0.717, 1.165) is 0 Å². The number of nitrogens with zero attached hydrogens (tertiary/aromatic N) is 3. The Balaban J connectivity index is 3.96. The molecule has 0 radical (unpaired) electrons. The van der Waals surface area contributed by atoms with E-state index in [2.05, 4.69) is 5.73 Å². The van der Waals surface area contributed by atoms with Gasteiger partial charge < -0.3 is 5.73 Å². The first-order chi connectivity index (χ1) is 4.57. The molecule has 0 aromatic carbocycles. The first-order valence-electron chi connectivity index (χ1n) is 2.10. The molecule has 0 saturated carbocycles. The van der Waals surface area contributed by atoms with E-state index in [1.165, 1.54) is 0 Å². The number of hydrogen-bond donors (Lipinski definition) is 1. The Bertz CT molecular complexity index is 167. The first-order valence-corrected chi connectivity index (χ1v) is 2.10. The molecule has 0 heterocycles. The molecule has 0 aliphatic heterocycles. The standard InChI is InChI=1S/C2H4N4O4/c3-2(7)5(4-8)1-6(9)10/h1H2,(H2,3,7). The fourth-order valence-corrected chi connectivity index (χ4v) is 0.245. The molecule has 8 heteroatoms. The number of nitroso groups, excluding NO2 is 1. The molecule has 0 atom stereocenters. The number of carbonyl (C=O) groups is 1. The highest BCUT2D eigenvalue weighted by atomic mass is 16.6. The van der Waals surface area contributed by atoms with Gasteiger partial charge in [0.1, 0.15) is 0 Å². The van der Waals surface area contributed by atoms with Gasteiger partial charge in [0, 0.05) is 4.92 Å². The molecule has 2 N–H and O–H groups in total. The third-order valence-electron chi connectivity index (χ3n) is 0.602. The zero-order valence-electron chi connectivity index (χ0n) is 4.76. The topological polar surface area (TPSA) is 119 Å². The average molecular weight is 148 g/mol. The van der Waals surface area contributed by atoms with E-state index in [1.807, 2.05) is 5.29 Å². The Kier molecular flexibility index (Phi) is 2.75. The maximum absolute atomic E-state index is 10.0. The highest BCUT2D eigenvalue weighted by Gasteiger charge is 2.14. The van der Waals surface area contributed by atoms with Crippen LogP contribution in [0.4, 0.5) is 4.79 Å². The molecule has 0 aliphatic carbocycles. The van der Waals surface area contributed by atoms with Gasteiger partial charge in [-0.2, -0.15) is 0 Å². The lowest BCUT2D eigenvalue weighted by molar-refractivity contribution is -0.499. The van der Waals surface area contributed by atoms with Gasteiger partial charge in [0.15, 0.2) is 0 Å². The zero-order chi connectivity index (χ0) is 8.15. The van der Waals surface area contributed by atoms with Crippen LogP contribution in [0, 0.1) is 15.0 Å². The Morgan fingerprint density at radius 1 is 1.80 bits per heavy atom. The van der Waals surface area contributed by atoms with E-state index in [1.54, 1.807) is 0 Å². The minimum Gasteiger partial charge on any atom is -0.350 e. The number of nitrogens with two attached hydrogens (primary N) is 1. The summed E-state index contributed by atoms with van der Waals surface area (Å²) < 4.78 is 0. The van der Waals surface area contributed by atoms with Crippen LogP contribution in [0.1, 0.15) is 0 Å². The second-order valence-corrected chi connectivity index (χ2v) is 1.29. The van der Waals surface area contributed by atoms with Gasteiger partial charge in [-0.05, 0) is 0 Å². The predicted octanol–water partition coefficient (Wildman–Crippen LogP) is -0.717. The molecule has 10 heavy (non-hydrogen) atoms. The quantitative estimate of drug-likeness (QED) is 0.246. The van der Waals surface area contributed by atoms with E-state index in [0.29, 0.717) is 0 Å². The largest absolute Gasteiger partial charge is 0.350 e. The van der Waals surface area contributed by atoms with Crippen molar-refractivity contribution in [2.75, 3.05) is 6.67 Å². The molecule has 0 spiro atoms. The first kappa shape index (κ1) is 8.27. The highest BCUT2D eigenvalue weighted by Crippen LogP contribution is 1.86. The average Bonchev–Trinajstić information content (AvgIpc) is 1.81. The van der Waals surface area contributed by atoms with Crippen molar-refractivity contribution in [3.8, 4) is 0 Å². The van der Waals surface area contributed by atoms with Gasteiger partial charge in [-0.25, -0.2) is 4.79 Å². The van der Waals surface area contributed by atoms with Crippen LogP contribution in [0.15, 0.2) is 5.29 Å². The van der Waals surface area contributed by atoms with Crippen LogP contribution in [0.2, 0.25) is 0 Å². The molecule has 0 aromatic rings. The Labute approximate surface area is 54.7 Å². The molecule has 0 saturated heterocycles. The normalized spacial score (nSPS) is 8.40. The van der Waals surface area contributed by atoms with Crippen molar-refractivity contribution in [3.63, 3.8) is 0 Å². The molecule has 0 unspecified atom stereocenters.